The molecule has 2 aromatic carbocycles. The number of methoxy groups -OCH3 is 2. The van der Waals surface area contributed by atoms with Crippen molar-refractivity contribution in [3.05, 3.63) is 59.7 Å². The molecule has 112 valence electrons. The minimum atomic E-state index is -0.0560. The van der Waals surface area contributed by atoms with Crippen molar-refractivity contribution in [1.82, 2.24) is 0 Å². The number of nitrogens with two attached hydrogens (primary N) is 1. The Kier molecular flexibility index (Phi) is 5.96. The zero-order chi connectivity index (χ0) is 15.1. The molecule has 0 saturated heterocycles. The van der Waals surface area contributed by atoms with Gasteiger partial charge in [-0.2, -0.15) is 11.8 Å². The van der Waals surface area contributed by atoms with Gasteiger partial charge in [-0.1, -0.05) is 36.4 Å². The third-order valence-corrected chi connectivity index (χ3v) is 4.38. The molecule has 0 aliphatic carbocycles. The predicted octanol–water partition coefficient (Wildman–Crippen LogP) is 3.64. The molecule has 2 rings (SSSR count). The van der Waals surface area contributed by atoms with Crippen molar-refractivity contribution in [2.75, 3.05) is 20.0 Å². The van der Waals surface area contributed by atoms with E-state index in [0.29, 0.717) is 0 Å². The molecule has 0 bridgehead atoms. The van der Waals surface area contributed by atoms with Crippen molar-refractivity contribution >= 4 is 11.8 Å². The van der Waals surface area contributed by atoms with Gasteiger partial charge in [-0.05, 0) is 11.6 Å². The summed E-state index contributed by atoms with van der Waals surface area (Å²) in [7, 11) is 3.30. The maximum Gasteiger partial charge on any atom is 0.127 e. The highest BCUT2D eigenvalue weighted by Crippen LogP contribution is 2.30. The average molecular weight is 303 g/mol. The van der Waals surface area contributed by atoms with E-state index in [1.807, 2.05) is 36.0 Å². The lowest BCUT2D eigenvalue weighted by molar-refractivity contribution is 0.389. The number of benzene rings is 2. The van der Waals surface area contributed by atoms with Crippen molar-refractivity contribution in [2.45, 2.75) is 11.8 Å². The van der Waals surface area contributed by atoms with Crippen LogP contribution in [0.25, 0.3) is 0 Å². The Labute approximate surface area is 130 Å². The molecule has 0 aromatic heterocycles. The monoisotopic (exact) mass is 303 g/mol. The Balaban J connectivity index is 1.95. The molecule has 0 saturated carbocycles. The van der Waals surface area contributed by atoms with Crippen molar-refractivity contribution in [1.29, 1.82) is 0 Å². The summed E-state index contributed by atoms with van der Waals surface area (Å²) >= 11 is 1.83. The first-order valence-electron chi connectivity index (χ1n) is 6.83. The highest BCUT2D eigenvalue weighted by Gasteiger charge is 2.13. The van der Waals surface area contributed by atoms with E-state index >= 15 is 0 Å². The van der Waals surface area contributed by atoms with Crippen LogP contribution in [-0.4, -0.2) is 20.0 Å². The summed E-state index contributed by atoms with van der Waals surface area (Å²) in [5, 5.41) is 0. The van der Waals surface area contributed by atoms with Crippen LogP contribution in [0.2, 0.25) is 0 Å². The fourth-order valence-electron chi connectivity index (χ4n) is 2.09. The largest absolute Gasteiger partial charge is 0.497 e. The lowest BCUT2D eigenvalue weighted by Crippen LogP contribution is -2.14. The van der Waals surface area contributed by atoms with E-state index in [1.165, 1.54) is 5.56 Å². The van der Waals surface area contributed by atoms with E-state index in [1.54, 1.807) is 14.2 Å². The highest BCUT2D eigenvalue weighted by molar-refractivity contribution is 7.98. The second-order valence-corrected chi connectivity index (χ2v) is 5.75. The van der Waals surface area contributed by atoms with Crippen LogP contribution in [0.3, 0.4) is 0 Å². The molecule has 4 heteroatoms. The summed E-state index contributed by atoms with van der Waals surface area (Å²) < 4.78 is 10.6. The van der Waals surface area contributed by atoms with Crippen molar-refractivity contribution < 1.29 is 9.47 Å². The van der Waals surface area contributed by atoms with Crippen LogP contribution in [-0.2, 0) is 5.75 Å². The Morgan fingerprint density at radius 3 is 2.48 bits per heavy atom. The van der Waals surface area contributed by atoms with Crippen LogP contribution >= 0.6 is 11.8 Å². The van der Waals surface area contributed by atoms with Crippen molar-refractivity contribution in [2.24, 2.45) is 5.73 Å². The standard InChI is InChI=1S/C17H21NO2S/c1-19-14-8-9-15(17(10-14)20-2)16(18)12-21-11-13-6-4-3-5-7-13/h3-10,16H,11-12,18H2,1-2H3. The Morgan fingerprint density at radius 2 is 1.81 bits per heavy atom. The highest BCUT2D eigenvalue weighted by atomic mass is 32.2. The van der Waals surface area contributed by atoms with Gasteiger partial charge in [0.05, 0.1) is 14.2 Å². The Hall–Kier alpha value is -1.65. The molecule has 0 aliphatic rings. The molecule has 0 fully saturated rings. The Bertz CT molecular complexity index is 560. The lowest BCUT2D eigenvalue weighted by Gasteiger charge is -2.16. The van der Waals surface area contributed by atoms with Crippen LogP contribution in [0.4, 0.5) is 0 Å². The van der Waals surface area contributed by atoms with Gasteiger partial charge in [0.1, 0.15) is 11.5 Å². The summed E-state index contributed by atoms with van der Waals surface area (Å²) in [6.07, 6.45) is 0. The van der Waals surface area contributed by atoms with Crippen LogP contribution in [0.15, 0.2) is 48.5 Å². The maximum atomic E-state index is 6.29. The summed E-state index contributed by atoms with van der Waals surface area (Å²) in [6, 6.07) is 16.1. The molecular formula is C17H21NO2S. The molecule has 0 spiro atoms. The minimum absolute atomic E-state index is 0.0560. The zero-order valence-corrected chi connectivity index (χ0v) is 13.2. The van der Waals surface area contributed by atoms with Gasteiger partial charge >= 0.3 is 0 Å². The smallest absolute Gasteiger partial charge is 0.127 e. The van der Waals surface area contributed by atoms with Gasteiger partial charge in [0.2, 0.25) is 0 Å². The third-order valence-electron chi connectivity index (χ3n) is 3.25. The lowest BCUT2D eigenvalue weighted by atomic mass is 10.1. The number of rotatable bonds is 7. The average Bonchev–Trinajstić information content (AvgIpc) is 2.55. The van der Waals surface area contributed by atoms with Gasteiger partial charge in [-0.25, -0.2) is 0 Å². The van der Waals surface area contributed by atoms with E-state index in [9.17, 15) is 0 Å². The van der Waals surface area contributed by atoms with Crippen LogP contribution in [0, 0.1) is 0 Å². The molecule has 2 N–H and O–H groups in total. The van der Waals surface area contributed by atoms with Gasteiger partial charge in [0.15, 0.2) is 0 Å². The van der Waals surface area contributed by atoms with E-state index in [0.717, 1.165) is 28.6 Å². The van der Waals surface area contributed by atoms with Crippen LogP contribution in [0.5, 0.6) is 11.5 Å². The molecule has 21 heavy (non-hydrogen) atoms. The van der Waals surface area contributed by atoms with E-state index in [4.69, 9.17) is 15.2 Å². The SMILES string of the molecule is COc1ccc(C(N)CSCc2ccccc2)c(OC)c1. The third kappa shape index (κ3) is 4.41. The van der Waals surface area contributed by atoms with Gasteiger partial charge in [0.25, 0.3) is 0 Å². The number of thioether (sulfide) groups is 1. The summed E-state index contributed by atoms with van der Waals surface area (Å²) in [5.74, 6) is 3.37. The fraction of sp³-hybridized carbons (Fsp3) is 0.294. The first-order valence-corrected chi connectivity index (χ1v) is 7.99. The van der Waals surface area contributed by atoms with E-state index < -0.39 is 0 Å². The van der Waals surface area contributed by atoms with E-state index in [2.05, 4.69) is 24.3 Å². The normalized spacial score (nSPS) is 12.0. The summed E-state index contributed by atoms with van der Waals surface area (Å²) in [5.41, 5.74) is 8.61. The second-order valence-electron chi connectivity index (χ2n) is 4.72. The molecule has 0 amide bonds. The van der Waals surface area contributed by atoms with Gasteiger partial charge in [-0.3, -0.25) is 0 Å². The van der Waals surface area contributed by atoms with E-state index in [-0.39, 0.29) is 6.04 Å². The molecule has 1 atom stereocenters. The first kappa shape index (κ1) is 15.7. The Morgan fingerprint density at radius 1 is 1.05 bits per heavy atom. The van der Waals surface area contributed by atoms with Gasteiger partial charge < -0.3 is 15.2 Å². The van der Waals surface area contributed by atoms with Crippen LogP contribution in [0.1, 0.15) is 17.2 Å². The quantitative estimate of drug-likeness (QED) is 0.848. The summed E-state index contributed by atoms with van der Waals surface area (Å²) in [6.45, 7) is 0. The number of hydrogen-bond donors (Lipinski definition) is 1. The zero-order valence-electron chi connectivity index (χ0n) is 12.4. The minimum Gasteiger partial charge on any atom is -0.497 e. The number of hydrogen-bond acceptors (Lipinski definition) is 4. The van der Waals surface area contributed by atoms with Gasteiger partial charge in [-0.15, -0.1) is 0 Å². The molecule has 2 aromatic rings. The fourth-order valence-corrected chi connectivity index (χ4v) is 3.07. The first-order chi connectivity index (χ1) is 10.2. The predicted molar refractivity (Wildman–Crippen MR) is 89.1 cm³/mol. The molecule has 0 radical (unpaired) electrons. The maximum absolute atomic E-state index is 6.29. The molecule has 0 aliphatic heterocycles. The molecule has 3 nitrogen and oxygen atoms in total. The summed E-state index contributed by atoms with van der Waals surface area (Å²) in [4.78, 5) is 0. The van der Waals surface area contributed by atoms with Crippen molar-refractivity contribution in [3.8, 4) is 11.5 Å². The number of ether oxygens (including phenoxy) is 2. The molecular weight excluding hydrogens is 282 g/mol. The molecule has 1 unspecified atom stereocenters. The topological polar surface area (TPSA) is 44.5 Å². The molecule has 0 heterocycles. The second kappa shape index (κ2) is 7.96. The van der Waals surface area contributed by atoms with Crippen molar-refractivity contribution in [3.63, 3.8) is 0 Å². The van der Waals surface area contributed by atoms with Gasteiger partial charge in [0, 0.05) is 29.2 Å². The van der Waals surface area contributed by atoms with Crippen LogP contribution < -0.4 is 15.2 Å².